The smallest absolute Gasteiger partial charge is 0.123 e. The summed E-state index contributed by atoms with van der Waals surface area (Å²) in [5, 5.41) is 0. The Hall–Kier alpha value is -2.19. The second kappa shape index (κ2) is 10.6. The molecule has 0 radical (unpaired) electrons. The maximum Gasteiger partial charge on any atom is 0.123 e. The van der Waals surface area contributed by atoms with Crippen LogP contribution in [0.15, 0.2) is 78.9 Å². The van der Waals surface area contributed by atoms with E-state index in [0.717, 1.165) is 37.2 Å². The maximum atomic E-state index is 12.9. The fraction of sp³-hybridized carbons (Fsp3) is 0.304. The largest absolute Gasteiger partial charge is 0.295 e. The van der Waals surface area contributed by atoms with Crippen molar-refractivity contribution < 1.29 is 4.39 Å². The number of allylic oxidation sites excluding steroid dienone is 1. The minimum Gasteiger partial charge on any atom is -0.295 e. The molecule has 0 aliphatic heterocycles. The van der Waals surface area contributed by atoms with Crippen LogP contribution in [0.2, 0.25) is 0 Å². The monoisotopic (exact) mass is 337 g/mol. The molecule has 1 nitrogen and oxygen atoms in total. The van der Waals surface area contributed by atoms with Gasteiger partial charge in [0.2, 0.25) is 0 Å². The van der Waals surface area contributed by atoms with Crippen LogP contribution in [0.3, 0.4) is 0 Å². The summed E-state index contributed by atoms with van der Waals surface area (Å²) in [4.78, 5) is 2.45. The van der Waals surface area contributed by atoms with Gasteiger partial charge in [0.25, 0.3) is 0 Å². The molecule has 25 heavy (non-hydrogen) atoms. The van der Waals surface area contributed by atoms with Gasteiger partial charge < -0.3 is 0 Å². The van der Waals surface area contributed by atoms with E-state index >= 15 is 0 Å². The van der Waals surface area contributed by atoms with Gasteiger partial charge in [-0.2, -0.15) is 0 Å². The molecule has 2 aromatic rings. The Morgan fingerprint density at radius 1 is 1.04 bits per heavy atom. The van der Waals surface area contributed by atoms with Crippen LogP contribution in [-0.2, 0) is 13.0 Å². The van der Waals surface area contributed by atoms with Crippen molar-refractivity contribution in [1.82, 2.24) is 4.90 Å². The summed E-state index contributed by atoms with van der Waals surface area (Å²) in [5.74, 6) is -0.190. The average Bonchev–Trinajstić information content (AvgIpc) is 2.62. The Bertz CT molecular complexity index is 658. The Morgan fingerprint density at radius 2 is 1.76 bits per heavy atom. The predicted octanol–water partition coefficient (Wildman–Crippen LogP) is 5.78. The van der Waals surface area contributed by atoms with Crippen molar-refractivity contribution >= 4 is 0 Å². The van der Waals surface area contributed by atoms with Crippen LogP contribution < -0.4 is 0 Å². The summed E-state index contributed by atoms with van der Waals surface area (Å²) >= 11 is 0. The Kier molecular flexibility index (Phi) is 8.14. The molecule has 0 N–H and O–H groups in total. The minimum absolute atomic E-state index is 0.190. The van der Waals surface area contributed by atoms with Crippen LogP contribution in [0.5, 0.6) is 0 Å². The van der Waals surface area contributed by atoms with Gasteiger partial charge in [-0.25, -0.2) is 4.39 Å². The van der Waals surface area contributed by atoms with Crippen molar-refractivity contribution in [2.75, 3.05) is 13.1 Å². The minimum atomic E-state index is -0.190. The molecule has 0 bridgehead atoms. The summed E-state index contributed by atoms with van der Waals surface area (Å²) in [7, 11) is 0. The highest BCUT2D eigenvalue weighted by Gasteiger charge is 2.06. The maximum absolute atomic E-state index is 12.9. The van der Waals surface area contributed by atoms with E-state index in [4.69, 9.17) is 0 Å². The van der Waals surface area contributed by atoms with Crippen LogP contribution in [0, 0.1) is 5.82 Å². The summed E-state index contributed by atoms with van der Waals surface area (Å²) in [5.41, 5.74) is 3.55. The quantitative estimate of drug-likeness (QED) is 0.497. The lowest BCUT2D eigenvalue weighted by Crippen LogP contribution is -2.26. The highest BCUT2D eigenvalue weighted by atomic mass is 19.1. The summed E-state index contributed by atoms with van der Waals surface area (Å²) in [6.45, 7) is 9.32. The van der Waals surface area contributed by atoms with Gasteiger partial charge in [-0.15, -0.1) is 0 Å². The summed E-state index contributed by atoms with van der Waals surface area (Å²) < 4.78 is 12.9. The fourth-order valence-corrected chi connectivity index (χ4v) is 2.76. The number of hydrogen-bond acceptors (Lipinski definition) is 1. The fourth-order valence-electron chi connectivity index (χ4n) is 2.76. The molecule has 0 saturated heterocycles. The van der Waals surface area contributed by atoms with E-state index in [0.29, 0.717) is 0 Å². The molecule has 0 aliphatic rings. The molecule has 2 rings (SSSR count). The molecule has 0 aromatic heterocycles. The van der Waals surface area contributed by atoms with Crippen LogP contribution in [0.4, 0.5) is 4.39 Å². The number of unbranched alkanes of at least 4 members (excludes halogenated alkanes) is 1. The highest BCUT2D eigenvalue weighted by Crippen LogP contribution is 2.10. The molecule has 0 fully saturated rings. The molecule has 0 saturated carbocycles. The van der Waals surface area contributed by atoms with E-state index in [2.05, 4.69) is 60.9 Å². The molecular weight excluding hydrogens is 309 g/mol. The summed E-state index contributed by atoms with van der Waals surface area (Å²) in [6.07, 6.45) is 7.38. The zero-order chi connectivity index (χ0) is 17.9. The van der Waals surface area contributed by atoms with Gasteiger partial charge in [0.15, 0.2) is 0 Å². The molecule has 0 amide bonds. The second-order valence-electron chi connectivity index (χ2n) is 6.44. The van der Waals surface area contributed by atoms with Gasteiger partial charge in [0.05, 0.1) is 0 Å². The molecule has 0 spiro atoms. The number of benzene rings is 2. The number of halogens is 1. The molecule has 0 unspecified atom stereocenters. The first-order chi connectivity index (χ1) is 12.2. The normalized spacial score (nSPS) is 11.3. The SMILES string of the molecule is C=C(/C=C\Cc1ccc(F)cc1)CN(CCCC)Cc1ccccc1. The Balaban J connectivity index is 1.87. The molecular formula is C23H28FN. The third kappa shape index (κ3) is 7.49. The van der Waals surface area contributed by atoms with Crippen molar-refractivity contribution in [3.8, 4) is 0 Å². The van der Waals surface area contributed by atoms with E-state index < -0.39 is 0 Å². The van der Waals surface area contributed by atoms with Crippen molar-refractivity contribution in [3.63, 3.8) is 0 Å². The first-order valence-electron chi connectivity index (χ1n) is 9.02. The van der Waals surface area contributed by atoms with Crippen LogP contribution in [0.1, 0.15) is 30.9 Å². The van der Waals surface area contributed by atoms with E-state index in [1.54, 1.807) is 0 Å². The van der Waals surface area contributed by atoms with Gasteiger partial charge in [0, 0.05) is 13.1 Å². The topological polar surface area (TPSA) is 3.24 Å². The van der Waals surface area contributed by atoms with Crippen molar-refractivity contribution in [2.45, 2.75) is 32.7 Å². The predicted molar refractivity (Wildman–Crippen MR) is 105 cm³/mol. The lowest BCUT2D eigenvalue weighted by atomic mass is 10.1. The van der Waals surface area contributed by atoms with Crippen LogP contribution in [0.25, 0.3) is 0 Å². The van der Waals surface area contributed by atoms with E-state index in [1.807, 2.05) is 12.1 Å². The highest BCUT2D eigenvalue weighted by molar-refractivity contribution is 5.23. The first-order valence-corrected chi connectivity index (χ1v) is 9.02. The van der Waals surface area contributed by atoms with Gasteiger partial charge >= 0.3 is 0 Å². The molecule has 0 heterocycles. The molecule has 0 aliphatic carbocycles. The Labute approximate surface area is 151 Å². The van der Waals surface area contributed by atoms with Gasteiger partial charge in [0.1, 0.15) is 5.82 Å². The Morgan fingerprint density at radius 3 is 2.44 bits per heavy atom. The second-order valence-corrected chi connectivity index (χ2v) is 6.44. The first kappa shape index (κ1) is 19.1. The summed E-state index contributed by atoms with van der Waals surface area (Å²) in [6, 6.07) is 17.2. The van der Waals surface area contributed by atoms with Crippen LogP contribution in [-0.4, -0.2) is 18.0 Å². The zero-order valence-corrected chi connectivity index (χ0v) is 15.1. The number of hydrogen-bond donors (Lipinski definition) is 0. The molecule has 0 atom stereocenters. The van der Waals surface area contributed by atoms with Gasteiger partial charge in [-0.1, -0.05) is 74.5 Å². The van der Waals surface area contributed by atoms with Gasteiger partial charge in [-0.05, 0) is 48.2 Å². The molecule has 132 valence electrons. The zero-order valence-electron chi connectivity index (χ0n) is 15.1. The van der Waals surface area contributed by atoms with E-state index in [1.165, 1.54) is 30.5 Å². The molecule has 2 aromatic carbocycles. The molecule has 2 heteroatoms. The van der Waals surface area contributed by atoms with E-state index in [-0.39, 0.29) is 5.82 Å². The third-order valence-corrected chi connectivity index (χ3v) is 4.12. The van der Waals surface area contributed by atoms with Crippen molar-refractivity contribution in [2.24, 2.45) is 0 Å². The standard InChI is InChI=1S/C23H28FN/c1-3-4-17-25(19-22-10-6-5-7-11-22)18-20(2)9-8-12-21-13-15-23(24)16-14-21/h5-11,13-16H,2-4,12,17-19H2,1H3/b9-8-. The lowest BCUT2D eigenvalue weighted by molar-refractivity contribution is 0.285. The van der Waals surface area contributed by atoms with Crippen LogP contribution >= 0.6 is 0 Å². The van der Waals surface area contributed by atoms with Crippen molar-refractivity contribution in [3.05, 3.63) is 95.8 Å². The van der Waals surface area contributed by atoms with Crippen molar-refractivity contribution in [1.29, 1.82) is 0 Å². The number of rotatable bonds is 10. The van der Waals surface area contributed by atoms with Gasteiger partial charge in [-0.3, -0.25) is 4.90 Å². The third-order valence-electron chi connectivity index (χ3n) is 4.12. The van der Waals surface area contributed by atoms with E-state index in [9.17, 15) is 4.39 Å². The number of nitrogens with zero attached hydrogens (tertiary/aromatic N) is 1. The average molecular weight is 337 g/mol. The lowest BCUT2D eigenvalue weighted by Gasteiger charge is -2.22.